The largest absolute Gasteiger partial charge is 0.350 e. The van der Waals surface area contributed by atoms with Crippen LogP contribution in [0.5, 0.6) is 0 Å². The number of hydrogen-bond donors (Lipinski definition) is 2. The van der Waals surface area contributed by atoms with Crippen molar-refractivity contribution in [2.45, 2.75) is 13.0 Å². The van der Waals surface area contributed by atoms with Gasteiger partial charge in [-0.15, -0.1) is 11.3 Å². The third-order valence-electron chi connectivity index (χ3n) is 4.28. The quantitative estimate of drug-likeness (QED) is 0.695. The van der Waals surface area contributed by atoms with Gasteiger partial charge in [-0.25, -0.2) is 4.39 Å². The molecular weight excluding hydrogens is 351 g/mol. The maximum atomic E-state index is 13.5. The van der Waals surface area contributed by atoms with Crippen LogP contribution in [-0.2, 0) is 0 Å². The van der Waals surface area contributed by atoms with Crippen LogP contribution < -0.4 is 5.32 Å². The van der Waals surface area contributed by atoms with E-state index in [0.29, 0.717) is 23.4 Å². The van der Waals surface area contributed by atoms with Gasteiger partial charge in [-0.2, -0.15) is 5.10 Å². The number of aromatic amines is 1. The number of halogens is 1. The average Bonchev–Trinajstić information content (AvgIpc) is 3.24. The van der Waals surface area contributed by atoms with Gasteiger partial charge in [0.2, 0.25) is 0 Å². The van der Waals surface area contributed by atoms with E-state index in [1.165, 1.54) is 28.8 Å². The Morgan fingerprint density at radius 2 is 2.19 bits per heavy atom. The summed E-state index contributed by atoms with van der Waals surface area (Å²) in [6, 6.07) is 8.26. The van der Waals surface area contributed by atoms with Crippen molar-refractivity contribution in [2.24, 2.45) is 0 Å². The number of thiophene rings is 1. The molecule has 136 valence electrons. The van der Waals surface area contributed by atoms with E-state index in [4.69, 9.17) is 0 Å². The van der Waals surface area contributed by atoms with E-state index in [0.717, 1.165) is 0 Å². The van der Waals surface area contributed by atoms with E-state index in [-0.39, 0.29) is 17.8 Å². The van der Waals surface area contributed by atoms with E-state index in [1.807, 2.05) is 14.1 Å². The van der Waals surface area contributed by atoms with Crippen molar-refractivity contribution in [3.63, 3.8) is 0 Å². The summed E-state index contributed by atoms with van der Waals surface area (Å²) in [6.45, 7) is 2.54. The van der Waals surface area contributed by atoms with E-state index in [1.54, 1.807) is 23.5 Å². The number of aromatic nitrogens is 2. The van der Waals surface area contributed by atoms with Crippen LogP contribution in [-0.4, -0.2) is 41.6 Å². The highest BCUT2D eigenvalue weighted by atomic mass is 32.1. The molecule has 3 rings (SSSR count). The van der Waals surface area contributed by atoms with Crippen LogP contribution >= 0.6 is 11.3 Å². The van der Waals surface area contributed by atoms with Crippen LogP contribution in [0.25, 0.3) is 11.3 Å². The lowest BCUT2D eigenvalue weighted by molar-refractivity contribution is 0.0943. The number of carbonyl (C=O) groups is 1. The fraction of sp³-hybridized carbons (Fsp3) is 0.263. The summed E-state index contributed by atoms with van der Waals surface area (Å²) in [5.74, 6) is -0.594. The highest BCUT2D eigenvalue weighted by molar-refractivity contribution is 7.10. The topological polar surface area (TPSA) is 61.0 Å². The number of likely N-dealkylation sites (N-methyl/N-ethyl adjacent to an activating group) is 1. The molecule has 0 saturated heterocycles. The fourth-order valence-corrected chi connectivity index (χ4v) is 3.97. The molecule has 3 aromatic rings. The number of nitrogens with one attached hydrogen (secondary N) is 2. The number of hydrogen-bond acceptors (Lipinski definition) is 4. The average molecular weight is 372 g/mol. The van der Waals surface area contributed by atoms with Crippen LogP contribution in [0.15, 0.2) is 41.9 Å². The van der Waals surface area contributed by atoms with Crippen LogP contribution in [0.2, 0.25) is 0 Å². The summed E-state index contributed by atoms with van der Waals surface area (Å²) in [5.41, 5.74) is 2.71. The zero-order chi connectivity index (χ0) is 18.7. The molecule has 0 aliphatic carbocycles. The van der Waals surface area contributed by atoms with Gasteiger partial charge in [0.15, 0.2) is 0 Å². The summed E-state index contributed by atoms with van der Waals surface area (Å²) in [5, 5.41) is 11.8. The van der Waals surface area contributed by atoms with Gasteiger partial charge >= 0.3 is 0 Å². The first-order chi connectivity index (χ1) is 12.5. The van der Waals surface area contributed by atoms with Gasteiger partial charge in [0.1, 0.15) is 5.82 Å². The van der Waals surface area contributed by atoms with Gasteiger partial charge in [0.25, 0.3) is 5.91 Å². The van der Waals surface area contributed by atoms with Crippen molar-refractivity contribution < 1.29 is 9.18 Å². The SMILES string of the molecule is Cc1ccsc1[C@@H](CNC(=O)c1cn[nH]c1-c1cccc(F)c1)N(C)C. The Kier molecular flexibility index (Phi) is 5.49. The minimum atomic E-state index is -0.357. The third kappa shape index (κ3) is 3.84. The molecule has 0 radical (unpaired) electrons. The molecule has 0 saturated carbocycles. The minimum absolute atomic E-state index is 0.0865. The lowest BCUT2D eigenvalue weighted by atomic mass is 10.1. The van der Waals surface area contributed by atoms with Crippen molar-refractivity contribution in [3.8, 4) is 11.3 Å². The predicted octanol–water partition coefficient (Wildman–Crippen LogP) is 3.62. The standard InChI is InChI=1S/C19H21FN4OS/c1-12-7-8-26-18(12)16(24(2)3)11-21-19(25)15-10-22-23-17(15)13-5-4-6-14(20)9-13/h4-10,16H,11H2,1-3H3,(H,21,25)(H,22,23)/t16-/m1/s1. The van der Waals surface area contributed by atoms with Gasteiger partial charge in [0, 0.05) is 17.0 Å². The summed E-state index contributed by atoms with van der Waals surface area (Å²) >= 11 is 1.68. The van der Waals surface area contributed by atoms with Crippen molar-refractivity contribution in [1.29, 1.82) is 0 Å². The van der Waals surface area contributed by atoms with Crippen LogP contribution in [0.1, 0.15) is 26.8 Å². The molecule has 1 amide bonds. The Morgan fingerprint density at radius 1 is 1.38 bits per heavy atom. The van der Waals surface area contributed by atoms with Crippen LogP contribution in [0.3, 0.4) is 0 Å². The highest BCUT2D eigenvalue weighted by Gasteiger charge is 2.21. The van der Waals surface area contributed by atoms with Gasteiger partial charge in [0.05, 0.1) is 23.5 Å². The fourth-order valence-electron chi connectivity index (χ4n) is 2.84. The number of nitrogens with zero attached hydrogens (tertiary/aromatic N) is 2. The summed E-state index contributed by atoms with van der Waals surface area (Å²) in [6.07, 6.45) is 1.47. The molecule has 0 unspecified atom stereocenters. The first kappa shape index (κ1) is 18.3. The van der Waals surface area contributed by atoms with Crippen molar-refractivity contribution in [2.75, 3.05) is 20.6 Å². The number of rotatable bonds is 6. The molecule has 5 nitrogen and oxygen atoms in total. The Balaban J connectivity index is 1.77. The van der Waals surface area contributed by atoms with Gasteiger partial charge in [-0.3, -0.25) is 9.89 Å². The molecule has 2 N–H and O–H groups in total. The van der Waals surface area contributed by atoms with E-state index in [9.17, 15) is 9.18 Å². The summed E-state index contributed by atoms with van der Waals surface area (Å²) in [4.78, 5) is 16.0. The second-order valence-corrected chi connectivity index (χ2v) is 7.27. The number of H-pyrrole nitrogens is 1. The highest BCUT2D eigenvalue weighted by Crippen LogP contribution is 2.27. The maximum absolute atomic E-state index is 13.5. The molecule has 0 aliphatic rings. The first-order valence-corrected chi connectivity index (χ1v) is 9.13. The third-order valence-corrected chi connectivity index (χ3v) is 5.40. The van der Waals surface area contributed by atoms with E-state index < -0.39 is 0 Å². The van der Waals surface area contributed by atoms with Gasteiger partial charge in [-0.1, -0.05) is 12.1 Å². The number of carbonyl (C=O) groups excluding carboxylic acids is 1. The number of aryl methyl sites for hydroxylation is 1. The first-order valence-electron chi connectivity index (χ1n) is 8.25. The Hall–Kier alpha value is -2.51. The molecule has 26 heavy (non-hydrogen) atoms. The summed E-state index contributed by atoms with van der Waals surface area (Å²) in [7, 11) is 3.98. The van der Waals surface area contributed by atoms with Gasteiger partial charge < -0.3 is 10.2 Å². The van der Waals surface area contributed by atoms with Crippen molar-refractivity contribution in [1.82, 2.24) is 20.4 Å². The van der Waals surface area contributed by atoms with Crippen LogP contribution in [0, 0.1) is 12.7 Å². The molecule has 0 bridgehead atoms. The molecule has 2 heterocycles. The van der Waals surface area contributed by atoms with E-state index >= 15 is 0 Å². The second-order valence-electron chi connectivity index (χ2n) is 6.33. The van der Waals surface area contributed by atoms with Crippen molar-refractivity contribution >= 4 is 17.2 Å². The lowest BCUT2D eigenvalue weighted by Crippen LogP contribution is -2.34. The second kappa shape index (κ2) is 7.80. The molecular formula is C19H21FN4OS. The van der Waals surface area contributed by atoms with Crippen molar-refractivity contribution in [3.05, 3.63) is 63.7 Å². The zero-order valence-corrected chi connectivity index (χ0v) is 15.7. The molecule has 1 aromatic carbocycles. The van der Waals surface area contributed by atoms with E-state index in [2.05, 4.69) is 38.8 Å². The minimum Gasteiger partial charge on any atom is -0.350 e. The van der Waals surface area contributed by atoms with Gasteiger partial charge in [-0.05, 0) is 50.2 Å². The predicted molar refractivity (Wildman–Crippen MR) is 102 cm³/mol. The van der Waals surface area contributed by atoms with Crippen LogP contribution in [0.4, 0.5) is 4.39 Å². The molecule has 0 spiro atoms. The maximum Gasteiger partial charge on any atom is 0.255 e. The molecule has 7 heteroatoms. The normalized spacial score (nSPS) is 12.3. The molecule has 1 atom stereocenters. The summed E-state index contributed by atoms with van der Waals surface area (Å²) < 4.78 is 13.5. The Bertz CT molecular complexity index is 902. The lowest BCUT2D eigenvalue weighted by Gasteiger charge is -2.24. The molecule has 0 aliphatic heterocycles. The Labute approximate surface area is 155 Å². The number of amides is 1. The zero-order valence-electron chi connectivity index (χ0n) is 14.9. The monoisotopic (exact) mass is 372 g/mol. The smallest absolute Gasteiger partial charge is 0.255 e. The molecule has 2 aromatic heterocycles. The number of benzene rings is 1. The Morgan fingerprint density at radius 3 is 2.85 bits per heavy atom. The molecule has 0 fully saturated rings.